The molecule has 4 rings (SSSR count). The van der Waals surface area contributed by atoms with Crippen molar-refractivity contribution in [3.63, 3.8) is 0 Å². The molecule has 0 spiro atoms. The summed E-state index contributed by atoms with van der Waals surface area (Å²) >= 11 is 0. The Kier molecular flexibility index (Phi) is 4.39. The third kappa shape index (κ3) is 3.59. The lowest BCUT2D eigenvalue weighted by Gasteiger charge is -2.13. The van der Waals surface area contributed by atoms with E-state index in [0.717, 1.165) is 24.1 Å². The van der Waals surface area contributed by atoms with Gasteiger partial charge in [-0.3, -0.25) is 9.59 Å². The second-order valence-corrected chi connectivity index (χ2v) is 6.48. The van der Waals surface area contributed by atoms with E-state index in [2.05, 4.69) is 15.8 Å². The molecule has 1 fully saturated rings. The van der Waals surface area contributed by atoms with E-state index in [1.807, 2.05) is 30.3 Å². The quantitative estimate of drug-likeness (QED) is 0.871. The fraction of sp³-hybridized carbons (Fsp3) is 0.250. The zero-order valence-electron chi connectivity index (χ0n) is 14.1. The largest absolute Gasteiger partial charge is 0.382 e. The second-order valence-electron chi connectivity index (χ2n) is 6.48. The highest BCUT2D eigenvalue weighted by atomic mass is 16.6. The van der Waals surface area contributed by atoms with Crippen molar-refractivity contribution in [2.24, 2.45) is 5.16 Å². The SMILES string of the molecule is O=C(NC1CC1)c1ccccc1NC(=O)C1CC(c2ccccc2)=NO1. The van der Waals surface area contributed by atoms with Gasteiger partial charge in [-0.05, 0) is 30.5 Å². The molecule has 0 saturated heterocycles. The van der Waals surface area contributed by atoms with Gasteiger partial charge in [0.2, 0.25) is 6.10 Å². The molecule has 6 nitrogen and oxygen atoms in total. The van der Waals surface area contributed by atoms with E-state index in [4.69, 9.17) is 4.84 Å². The number of hydrogen-bond acceptors (Lipinski definition) is 4. The topological polar surface area (TPSA) is 79.8 Å². The van der Waals surface area contributed by atoms with Crippen LogP contribution in [0.5, 0.6) is 0 Å². The number of rotatable bonds is 5. The first-order valence-electron chi connectivity index (χ1n) is 8.69. The number of hydrogen-bond donors (Lipinski definition) is 2. The average molecular weight is 349 g/mol. The molecular formula is C20H19N3O3. The van der Waals surface area contributed by atoms with E-state index >= 15 is 0 Å². The van der Waals surface area contributed by atoms with Crippen LogP contribution in [0.25, 0.3) is 0 Å². The van der Waals surface area contributed by atoms with Crippen molar-refractivity contribution >= 4 is 23.2 Å². The molecule has 1 aliphatic heterocycles. The summed E-state index contributed by atoms with van der Waals surface area (Å²) in [5.41, 5.74) is 2.61. The van der Waals surface area contributed by atoms with Gasteiger partial charge in [-0.15, -0.1) is 0 Å². The molecule has 2 aromatic rings. The van der Waals surface area contributed by atoms with E-state index in [0.29, 0.717) is 17.7 Å². The fourth-order valence-corrected chi connectivity index (χ4v) is 2.81. The van der Waals surface area contributed by atoms with Gasteiger partial charge in [-0.1, -0.05) is 47.6 Å². The Morgan fingerprint density at radius 3 is 2.50 bits per heavy atom. The minimum absolute atomic E-state index is 0.169. The maximum atomic E-state index is 12.6. The molecule has 1 aliphatic carbocycles. The molecule has 2 amide bonds. The summed E-state index contributed by atoms with van der Waals surface area (Å²) in [6.07, 6.45) is 1.71. The van der Waals surface area contributed by atoms with E-state index in [9.17, 15) is 9.59 Å². The zero-order valence-corrected chi connectivity index (χ0v) is 14.1. The van der Waals surface area contributed by atoms with Gasteiger partial charge >= 0.3 is 0 Å². The van der Waals surface area contributed by atoms with Gasteiger partial charge < -0.3 is 15.5 Å². The normalized spacial score (nSPS) is 18.6. The minimum atomic E-state index is -0.704. The lowest BCUT2D eigenvalue weighted by molar-refractivity contribution is -0.125. The number of carbonyl (C=O) groups excluding carboxylic acids is 2. The molecule has 1 atom stereocenters. The van der Waals surface area contributed by atoms with Crippen molar-refractivity contribution in [2.75, 3.05) is 5.32 Å². The Hall–Kier alpha value is -3.15. The third-order valence-corrected chi connectivity index (χ3v) is 4.41. The standard InChI is InChI=1S/C20H19N3O3/c24-19(21-14-10-11-14)15-8-4-5-9-16(15)22-20(25)18-12-17(23-26-18)13-6-2-1-3-7-13/h1-9,14,18H,10-12H2,(H,21,24)(H,22,25). The number of amides is 2. The minimum Gasteiger partial charge on any atom is -0.382 e. The van der Waals surface area contributed by atoms with E-state index in [-0.39, 0.29) is 17.9 Å². The van der Waals surface area contributed by atoms with Gasteiger partial charge in [0.25, 0.3) is 11.8 Å². The van der Waals surface area contributed by atoms with Gasteiger partial charge in [0.15, 0.2) is 0 Å². The van der Waals surface area contributed by atoms with Crippen molar-refractivity contribution < 1.29 is 14.4 Å². The molecule has 0 aromatic heterocycles. The summed E-state index contributed by atoms with van der Waals surface area (Å²) in [6, 6.07) is 16.9. The van der Waals surface area contributed by atoms with Crippen molar-refractivity contribution in [2.45, 2.75) is 31.4 Å². The average Bonchev–Trinajstić information content (AvgIpc) is 3.34. The highest BCUT2D eigenvalue weighted by molar-refractivity contribution is 6.08. The van der Waals surface area contributed by atoms with Crippen LogP contribution in [-0.2, 0) is 9.63 Å². The number of oxime groups is 1. The molecule has 1 saturated carbocycles. The van der Waals surface area contributed by atoms with E-state index in [1.165, 1.54) is 0 Å². The predicted octanol–water partition coefficient (Wildman–Crippen LogP) is 2.71. The van der Waals surface area contributed by atoms with Gasteiger partial charge in [0.1, 0.15) is 0 Å². The summed E-state index contributed by atoms with van der Waals surface area (Å²) in [6.45, 7) is 0. The fourth-order valence-electron chi connectivity index (χ4n) is 2.81. The van der Waals surface area contributed by atoms with Crippen LogP contribution < -0.4 is 10.6 Å². The molecule has 1 unspecified atom stereocenters. The summed E-state index contributed by atoms with van der Waals surface area (Å²) in [4.78, 5) is 30.2. The molecule has 2 aromatic carbocycles. The molecular weight excluding hydrogens is 330 g/mol. The summed E-state index contributed by atoms with van der Waals surface area (Å²) in [5, 5.41) is 9.77. The van der Waals surface area contributed by atoms with Crippen LogP contribution in [0.4, 0.5) is 5.69 Å². The Labute approximate surface area is 151 Å². The second kappa shape index (κ2) is 7.00. The van der Waals surface area contributed by atoms with Crippen LogP contribution in [-0.4, -0.2) is 29.7 Å². The first-order valence-corrected chi connectivity index (χ1v) is 8.69. The summed E-state index contributed by atoms with van der Waals surface area (Å²) in [7, 11) is 0. The van der Waals surface area contributed by atoms with Gasteiger partial charge in [0.05, 0.1) is 17.0 Å². The molecule has 132 valence electrons. The highest BCUT2D eigenvalue weighted by Gasteiger charge is 2.30. The molecule has 6 heteroatoms. The van der Waals surface area contributed by atoms with Gasteiger partial charge in [-0.2, -0.15) is 0 Å². The monoisotopic (exact) mass is 349 g/mol. The van der Waals surface area contributed by atoms with Crippen LogP contribution in [0.15, 0.2) is 59.8 Å². The molecule has 2 aliphatic rings. The maximum Gasteiger partial charge on any atom is 0.268 e. The predicted molar refractivity (Wildman–Crippen MR) is 98.0 cm³/mol. The number of nitrogens with one attached hydrogen (secondary N) is 2. The van der Waals surface area contributed by atoms with Crippen LogP contribution in [0.2, 0.25) is 0 Å². The molecule has 1 heterocycles. The van der Waals surface area contributed by atoms with Crippen LogP contribution in [0.3, 0.4) is 0 Å². The van der Waals surface area contributed by atoms with Crippen molar-refractivity contribution in [3.8, 4) is 0 Å². The Balaban J connectivity index is 1.42. The number of anilines is 1. The molecule has 2 N–H and O–H groups in total. The third-order valence-electron chi connectivity index (χ3n) is 4.41. The van der Waals surface area contributed by atoms with Crippen LogP contribution in [0, 0.1) is 0 Å². The molecule has 26 heavy (non-hydrogen) atoms. The summed E-state index contributed by atoms with van der Waals surface area (Å²) < 4.78 is 0. The molecule has 0 radical (unpaired) electrons. The highest BCUT2D eigenvalue weighted by Crippen LogP contribution is 2.23. The maximum absolute atomic E-state index is 12.6. The van der Waals surface area contributed by atoms with Crippen molar-refractivity contribution in [1.82, 2.24) is 5.32 Å². The van der Waals surface area contributed by atoms with Gasteiger partial charge in [-0.25, -0.2) is 0 Å². The van der Waals surface area contributed by atoms with Crippen LogP contribution >= 0.6 is 0 Å². The van der Waals surface area contributed by atoms with Crippen molar-refractivity contribution in [1.29, 1.82) is 0 Å². The first-order chi connectivity index (χ1) is 12.7. The van der Waals surface area contributed by atoms with Crippen LogP contribution in [0.1, 0.15) is 35.2 Å². The number of carbonyl (C=O) groups is 2. The smallest absolute Gasteiger partial charge is 0.268 e. The lowest BCUT2D eigenvalue weighted by Crippen LogP contribution is -2.30. The Bertz CT molecular complexity index is 860. The van der Waals surface area contributed by atoms with Crippen molar-refractivity contribution in [3.05, 3.63) is 65.7 Å². The Morgan fingerprint density at radius 1 is 1.00 bits per heavy atom. The first kappa shape index (κ1) is 16.3. The number of para-hydroxylation sites is 1. The van der Waals surface area contributed by atoms with Gasteiger partial charge in [0, 0.05) is 12.5 Å². The Morgan fingerprint density at radius 2 is 1.73 bits per heavy atom. The zero-order chi connectivity index (χ0) is 17.9. The number of benzene rings is 2. The van der Waals surface area contributed by atoms with E-state index in [1.54, 1.807) is 24.3 Å². The molecule has 0 bridgehead atoms. The lowest BCUT2D eigenvalue weighted by atomic mass is 10.0. The summed E-state index contributed by atoms with van der Waals surface area (Å²) in [5.74, 6) is -0.483. The number of nitrogens with zero attached hydrogens (tertiary/aromatic N) is 1. The van der Waals surface area contributed by atoms with E-state index < -0.39 is 6.10 Å².